The predicted molar refractivity (Wildman–Crippen MR) is 88.5 cm³/mol. The van der Waals surface area contributed by atoms with Crippen molar-refractivity contribution in [1.82, 2.24) is 4.90 Å². The van der Waals surface area contributed by atoms with Gasteiger partial charge >= 0.3 is 0 Å². The molecule has 2 aliphatic rings. The van der Waals surface area contributed by atoms with E-state index in [1.807, 2.05) is 0 Å². The van der Waals surface area contributed by atoms with Gasteiger partial charge in [-0.1, -0.05) is 0 Å². The van der Waals surface area contributed by atoms with Crippen LogP contribution in [-0.2, 0) is 9.53 Å². The predicted octanol–water partition coefficient (Wildman–Crippen LogP) is 2.13. The normalized spacial score (nSPS) is 20.1. The highest BCUT2D eigenvalue weighted by molar-refractivity contribution is 5.91. The molecule has 6 nitrogen and oxygen atoms in total. The van der Waals surface area contributed by atoms with E-state index in [2.05, 4.69) is 6.07 Å². The van der Waals surface area contributed by atoms with E-state index in [0.29, 0.717) is 28.5 Å². The van der Waals surface area contributed by atoms with E-state index in [-0.39, 0.29) is 12.2 Å². The van der Waals surface area contributed by atoms with Gasteiger partial charge in [-0.25, -0.2) is 0 Å². The molecule has 6 heteroatoms. The highest BCUT2D eigenvalue weighted by Crippen LogP contribution is 2.36. The maximum Gasteiger partial charge on any atom is 0.169 e. The first kappa shape index (κ1) is 15.8. The molecule has 1 aliphatic heterocycles. The third-order valence-electron chi connectivity index (χ3n) is 3.97. The summed E-state index contributed by atoms with van der Waals surface area (Å²) in [6.07, 6.45) is 3.09. The largest absolute Gasteiger partial charge is 0.454 e. The number of hydrogen-bond donors (Lipinski definition) is 1. The number of methoxy groups -OCH3 is 1. The van der Waals surface area contributed by atoms with Crippen molar-refractivity contribution in [3.8, 4) is 11.8 Å². The number of Topliss-reactive ketones (excluding diaryl/α,β-unsaturated/α-hetero) is 1. The van der Waals surface area contributed by atoms with Crippen LogP contribution in [0.4, 0.5) is 5.69 Å². The quantitative estimate of drug-likeness (QED) is 0.857. The minimum absolute atomic E-state index is 0.0202. The molecular formula is C18H17N3O3. The summed E-state index contributed by atoms with van der Waals surface area (Å²) in [6.45, 7) is 0. The third-order valence-corrected chi connectivity index (χ3v) is 3.97. The van der Waals surface area contributed by atoms with Crippen molar-refractivity contribution in [3.63, 3.8) is 0 Å². The average molecular weight is 323 g/mol. The smallest absolute Gasteiger partial charge is 0.169 e. The molecule has 0 aromatic heterocycles. The van der Waals surface area contributed by atoms with Gasteiger partial charge < -0.3 is 20.1 Å². The van der Waals surface area contributed by atoms with Crippen LogP contribution in [0.25, 0.3) is 0 Å². The molecule has 1 aromatic rings. The fourth-order valence-corrected chi connectivity index (χ4v) is 2.74. The van der Waals surface area contributed by atoms with Gasteiger partial charge in [-0.05, 0) is 35.9 Å². The van der Waals surface area contributed by atoms with Gasteiger partial charge in [0.2, 0.25) is 0 Å². The number of ketones is 1. The second kappa shape index (κ2) is 6.22. The van der Waals surface area contributed by atoms with Crippen LogP contribution >= 0.6 is 0 Å². The first-order valence-electron chi connectivity index (χ1n) is 7.43. The van der Waals surface area contributed by atoms with Gasteiger partial charge in [0.1, 0.15) is 17.9 Å². The van der Waals surface area contributed by atoms with Crippen molar-refractivity contribution >= 4 is 11.5 Å². The molecule has 0 fully saturated rings. The number of ether oxygens (including phenoxy) is 2. The molecule has 2 N–H and O–H groups in total. The Hall–Kier alpha value is -3.04. The number of allylic oxidation sites excluding steroid dienone is 2. The Bertz CT molecular complexity index is 813. The van der Waals surface area contributed by atoms with Crippen LogP contribution in [0, 0.1) is 11.3 Å². The molecular weight excluding hydrogens is 306 g/mol. The van der Waals surface area contributed by atoms with Crippen molar-refractivity contribution in [3.05, 3.63) is 59.1 Å². The highest BCUT2D eigenvalue weighted by atomic mass is 16.5. The van der Waals surface area contributed by atoms with Gasteiger partial charge in [-0.3, -0.25) is 4.79 Å². The number of nitrogens with two attached hydrogens (primary N) is 1. The zero-order valence-electron chi connectivity index (χ0n) is 13.4. The van der Waals surface area contributed by atoms with Gasteiger partial charge in [0.25, 0.3) is 0 Å². The van der Waals surface area contributed by atoms with Crippen LogP contribution < -0.4 is 10.5 Å². The lowest BCUT2D eigenvalue weighted by Gasteiger charge is -2.30. The molecule has 1 aromatic carbocycles. The standard InChI is InChI=1S/C18H17N3O3/c1-21-10-11-7-16(22)17(23-2)8-14(11)18(15(21)9-19)24-13-5-3-12(20)4-6-13/h3-6,8,10,17H,7,20H2,1-2H3. The number of carbonyl (C=O) groups excluding carboxylic acids is 1. The van der Waals surface area contributed by atoms with Crippen LogP contribution in [0.15, 0.2) is 59.1 Å². The van der Waals surface area contributed by atoms with Crippen LogP contribution in [0.2, 0.25) is 0 Å². The number of rotatable bonds is 3. The summed E-state index contributed by atoms with van der Waals surface area (Å²) in [6, 6.07) is 9.07. The maximum atomic E-state index is 12.1. The first-order chi connectivity index (χ1) is 11.5. The fraction of sp³-hybridized carbons (Fsp3) is 0.222. The van der Waals surface area contributed by atoms with Crippen molar-refractivity contribution in [2.75, 3.05) is 19.9 Å². The summed E-state index contributed by atoms with van der Waals surface area (Å²) in [5, 5.41) is 9.52. The van der Waals surface area contributed by atoms with Gasteiger partial charge in [0.05, 0.1) is 0 Å². The van der Waals surface area contributed by atoms with E-state index in [1.165, 1.54) is 7.11 Å². The van der Waals surface area contributed by atoms with E-state index in [1.54, 1.807) is 48.5 Å². The Morgan fingerprint density at radius 2 is 2.04 bits per heavy atom. The molecule has 1 atom stereocenters. The molecule has 24 heavy (non-hydrogen) atoms. The Labute approximate surface area is 140 Å². The fourth-order valence-electron chi connectivity index (χ4n) is 2.74. The molecule has 0 saturated heterocycles. The molecule has 0 spiro atoms. The molecule has 122 valence electrons. The van der Waals surface area contributed by atoms with Crippen molar-refractivity contribution in [1.29, 1.82) is 5.26 Å². The summed E-state index contributed by atoms with van der Waals surface area (Å²) in [5.74, 6) is 0.957. The number of nitrogen functional groups attached to an aromatic ring is 1. The molecule has 1 unspecified atom stereocenters. The number of nitrogens with zero attached hydrogens (tertiary/aromatic N) is 2. The van der Waals surface area contributed by atoms with Gasteiger partial charge in [0.15, 0.2) is 17.2 Å². The molecule has 0 bridgehead atoms. The summed E-state index contributed by atoms with van der Waals surface area (Å²) < 4.78 is 11.2. The maximum absolute atomic E-state index is 12.1. The van der Waals surface area contributed by atoms with E-state index >= 15 is 0 Å². The number of hydrogen-bond acceptors (Lipinski definition) is 6. The number of fused-ring (bicyclic) bond motifs is 1. The lowest BCUT2D eigenvalue weighted by molar-refractivity contribution is -0.126. The second-order valence-corrected chi connectivity index (χ2v) is 5.61. The molecule has 1 heterocycles. The lowest BCUT2D eigenvalue weighted by Crippen LogP contribution is -2.31. The average Bonchev–Trinajstić information content (AvgIpc) is 2.56. The van der Waals surface area contributed by atoms with E-state index in [4.69, 9.17) is 15.2 Å². The minimum atomic E-state index is -0.634. The van der Waals surface area contributed by atoms with E-state index in [9.17, 15) is 10.1 Å². The molecule has 0 amide bonds. The summed E-state index contributed by atoms with van der Waals surface area (Å²) >= 11 is 0. The highest BCUT2D eigenvalue weighted by Gasteiger charge is 2.33. The number of nitriles is 1. The Balaban J connectivity index is 2.06. The number of carbonyl (C=O) groups is 1. The van der Waals surface area contributed by atoms with Gasteiger partial charge in [-0.2, -0.15) is 5.26 Å². The SMILES string of the molecule is COC1C=C2C(=CN(C)C(C#N)=C2Oc2ccc(N)cc2)CC1=O. The molecule has 1 aliphatic carbocycles. The zero-order chi connectivity index (χ0) is 17.3. The minimum Gasteiger partial charge on any atom is -0.454 e. The van der Waals surface area contributed by atoms with Crippen molar-refractivity contribution in [2.45, 2.75) is 12.5 Å². The monoisotopic (exact) mass is 323 g/mol. The Morgan fingerprint density at radius 3 is 2.67 bits per heavy atom. The van der Waals surface area contributed by atoms with E-state index in [0.717, 1.165) is 5.57 Å². The molecule has 0 radical (unpaired) electrons. The Kier molecular flexibility index (Phi) is 4.11. The van der Waals surface area contributed by atoms with Crippen molar-refractivity contribution in [2.24, 2.45) is 0 Å². The number of anilines is 1. The summed E-state index contributed by atoms with van der Waals surface area (Å²) in [7, 11) is 3.24. The molecule has 3 rings (SSSR count). The van der Waals surface area contributed by atoms with Crippen LogP contribution in [0.5, 0.6) is 5.75 Å². The first-order valence-corrected chi connectivity index (χ1v) is 7.43. The topological polar surface area (TPSA) is 88.6 Å². The lowest BCUT2D eigenvalue weighted by atomic mass is 9.88. The van der Waals surface area contributed by atoms with Crippen LogP contribution in [-0.4, -0.2) is 30.9 Å². The summed E-state index contributed by atoms with van der Waals surface area (Å²) in [5.41, 5.74) is 8.20. The summed E-state index contributed by atoms with van der Waals surface area (Å²) in [4.78, 5) is 13.7. The number of benzene rings is 1. The van der Waals surface area contributed by atoms with Crippen molar-refractivity contribution < 1.29 is 14.3 Å². The van der Waals surface area contributed by atoms with Gasteiger partial charge in [-0.15, -0.1) is 0 Å². The zero-order valence-corrected chi connectivity index (χ0v) is 13.4. The second-order valence-electron chi connectivity index (χ2n) is 5.61. The van der Waals surface area contributed by atoms with Crippen LogP contribution in [0.1, 0.15) is 6.42 Å². The van der Waals surface area contributed by atoms with E-state index < -0.39 is 6.10 Å². The third kappa shape index (κ3) is 2.77. The Morgan fingerprint density at radius 1 is 1.33 bits per heavy atom. The van der Waals surface area contributed by atoms with Gasteiger partial charge in [0, 0.05) is 38.0 Å². The van der Waals surface area contributed by atoms with Crippen LogP contribution in [0.3, 0.4) is 0 Å². The molecule has 0 saturated carbocycles.